The Morgan fingerprint density at radius 2 is 2.10 bits per heavy atom. The second-order valence-corrected chi connectivity index (χ2v) is 6.21. The molecule has 0 spiro atoms. The molecule has 0 saturated heterocycles. The van der Waals surface area contributed by atoms with E-state index in [9.17, 15) is 0 Å². The van der Waals surface area contributed by atoms with Crippen molar-refractivity contribution in [3.05, 3.63) is 52.0 Å². The number of para-hydroxylation sites is 1. The topological polar surface area (TPSA) is 29.0 Å². The molecule has 0 unspecified atom stereocenters. The molecule has 108 valence electrons. The number of anilines is 1. The minimum Gasteiger partial charge on any atom is -0.354 e. The van der Waals surface area contributed by atoms with Crippen molar-refractivity contribution in [2.24, 2.45) is 0 Å². The molecule has 0 radical (unpaired) electrons. The van der Waals surface area contributed by atoms with Crippen molar-refractivity contribution in [1.82, 2.24) is 9.97 Å². The largest absolute Gasteiger partial charge is 0.354 e. The van der Waals surface area contributed by atoms with E-state index in [1.807, 2.05) is 37.7 Å². The van der Waals surface area contributed by atoms with Gasteiger partial charge in [0.15, 0.2) is 0 Å². The van der Waals surface area contributed by atoms with Crippen LogP contribution in [0.4, 0.5) is 5.82 Å². The Balaban J connectivity index is 1.98. The van der Waals surface area contributed by atoms with Crippen molar-refractivity contribution in [1.29, 1.82) is 0 Å². The maximum atomic E-state index is 6.10. The van der Waals surface area contributed by atoms with Crippen LogP contribution in [-0.4, -0.2) is 17.0 Å². The van der Waals surface area contributed by atoms with Gasteiger partial charge in [-0.15, -0.1) is 22.9 Å². The first-order chi connectivity index (χ1) is 10.2. The van der Waals surface area contributed by atoms with E-state index >= 15 is 0 Å². The minimum absolute atomic E-state index is 0.490. The van der Waals surface area contributed by atoms with Crippen molar-refractivity contribution >= 4 is 39.7 Å². The van der Waals surface area contributed by atoms with Gasteiger partial charge in [0.05, 0.1) is 23.3 Å². The average molecular weight is 318 g/mol. The third kappa shape index (κ3) is 2.87. The molecular formula is C16H16ClN3S. The van der Waals surface area contributed by atoms with Crippen LogP contribution in [0.3, 0.4) is 0 Å². The summed E-state index contributed by atoms with van der Waals surface area (Å²) in [5, 5.41) is 1.12. The molecular weight excluding hydrogens is 302 g/mol. The first kappa shape index (κ1) is 14.3. The normalized spacial score (nSPS) is 11.0. The number of aryl methyl sites for hydroxylation is 1. The Hall–Kier alpha value is -1.65. The molecule has 21 heavy (non-hydrogen) atoms. The highest BCUT2D eigenvalue weighted by Gasteiger charge is 2.11. The fourth-order valence-electron chi connectivity index (χ4n) is 2.31. The molecule has 0 bridgehead atoms. The number of pyridine rings is 1. The van der Waals surface area contributed by atoms with Crippen LogP contribution in [0, 0.1) is 6.92 Å². The summed E-state index contributed by atoms with van der Waals surface area (Å²) >= 11 is 7.78. The van der Waals surface area contributed by atoms with Crippen LogP contribution in [-0.2, 0) is 12.4 Å². The van der Waals surface area contributed by atoms with Gasteiger partial charge in [0.2, 0.25) is 0 Å². The van der Waals surface area contributed by atoms with Crippen LogP contribution in [0.15, 0.2) is 35.8 Å². The van der Waals surface area contributed by atoms with Gasteiger partial charge in [-0.2, -0.15) is 0 Å². The lowest BCUT2D eigenvalue weighted by Gasteiger charge is -2.19. The highest BCUT2D eigenvalue weighted by molar-refractivity contribution is 7.09. The summed E-state index contributed by atoms with van der Waals surface area (Å²) in [6.45, 7) is 2.85. The van der Waals surface area contributed by atoms with E-state index in [0.29, 0.717) is 5.88 Å². The first-order valence-electron chi connectivity index (χ1n) is 6.73. The molecule has 0 aliphatic carbocycles. The maximum Gasteiger partial charge on any atom is 0.129 e. The smallest absolute Gasteiger partial charge is 0.129 e. The monoisotopic (exact) mass is 317 g/mol. The van der Waals surface area contributed by atoms with Gasteiger partial charge in [-0.3, -0.25) is 0 Å². The number of hydrogen-bond donors (Lipinski definition) is 0. The predicted molar refractivity (Wildman–Crippen MR) is 90.3 cm³/mol. The number of benzene rings is 1. The molecule has 0 N–H and O–H groups in total. The molecule has 0 aliphatic heterocycles. The molecule has 0 fully saturated rings. The zero-order valence-electron chi connectivity index (χ0n) is 12.0. The van der Waals surface area contributed by atoms with E-state index in [4.69, 9.17) is 16.6 Å². The van der Waals surface area contributed by atoms with Crippen molar-refractivity contribution in [2.75, 3.05) is 11.9 Å². The number of thiazole rings is 1. The number of fused-ring (bicyclic) bond motifs is 1. The summed E-state index contributed by atoms with van der Waals surface area (Å²) in [5.41, 5.74) is 5.07. The number of halogens is 1. The molecule has 3 aromatic rings. The van der Waals surface area contributed by atoms with Crippen LogP contribution in [0.2, 0.25) is 0 Å². The Labute approximate surface area is 133 Å². The third-order valence-electron chi connectivity index (χ3n) is 3.55. The van der Waals surface area contributed by atoms with E-state index < -0.39 is 0 Å². The number of aromatic nitrogens is 2. The van der Waals surface area contributed by atoms with Crippen molar-refractivity contribution in [3.63, 3.8) is 0 Å². The number of rotatable bonds is 4. The molecule has 2 heterocycles. The Bertz CT molecular complexity index is 769. The fraction of sp³-hybridized carbons (Fsp3) is 0.250. The van der Waals surface area contributed by atoms with Gasteiger partial charge in [-0.05, 0) is 24.6 Å². The van der Waals surface area contributed by atoms with Gasteiger partial charge in [0.1, 0.15) is 5.82 Å². The predicted octanol–water partition coefficient (Wildman–Crippen LogP) is 4.37. The van der Waals surface area contributed by atoms with Gasteiger partial charge in [-0.25, -0.2) is 9.97 Å². The van der Waals surface area contributed by atoms with Crippen molar-refractivity contribution < 1.29 is 0 Å². The Kier molecular flexibility index (Phi) is 4.08. The highest BCUT2D eigenvalue weighted by atomic mass is 35.5. The molecule has 2 aromatic heterocycles. The molecule has 0 aliphatic rings. The van der Waals surface area contributed by atoms with Crippen molar-refractivity contribution in [2.45, 2.75) is 19.3 Å². The lowest BCUT2D eigenvalue weighted by molar-refractivity contribution is 0.904. The summed E-state index contributed by atoms with van der Waals surface area (Å²) in [6, 6.07) is 10.2. The van der Waals surface area contributed by atoms with Crippen LogP contribution >= 0.6 is 22.9 Å². The van der Waals surface area contributed by atoms with Gasteiger partial charge >= 0.3 is 0 Å². The minimum atomic E-state index is 0.490. The van der Waals surface area contributed by atoms with E-state index in [1.165, 1.54) is 4.88 Å². The van der Waals surface area contributed by atoms with E-state index in [0.717, 1.165) is 34.5 Å². The SMILES string of the molecule is Cc1ncsc1CN(C)c1cc(CCl)c2ccccc2n1. The standard InChI is InChI=1S/C16H16ClN3S/c1-11-15(21-10-18-11)9-20(2)16-7-12(8-17)13-5-3-4-6-14(13)19-16/h3-7,10H,8-9H2,1-2H3. The first-order valence-corrected chi connectivity index (χ1v) is 8.15. The fourth-order valence-corrected chi connectivity index (χ4v) is 3.36. The summed E-state index contributed by atoms with van der Waals surface area (Å²) < 4.78 is 0. The van der Waals surface area contributed by atoms with E-state index in [1.54, 1.807) is 11.3 Å². The van der Waals surface area contributed by atoms with E-state index in [-0.39, 0.29) is 0 Å². The highest BCUT2D eigenvalue weighted by Crippen LogP contribution is 2.25. The average Bonchev–Trinajstić information content (AvgIpc) is 2.91. The summed E-state index contributed by atoms with van der Waals surface area (Å²) in [7, 11) is 2.05. The molecule has 0 amide bonds. The van der Waals surface area contributed by atoms with Crippen LogP contribution < -0.4 is 4.90 Å². The summed E-state index contributed by atoms with van der Waals surface area (Å²) in [5.74, 6) is 1.43. The molecule has 3 rings (SSSR count). The number of nitrogens with zero attached hydrogens (tertiary/aromatic N) is 3. The van der Waals surface area contributed by atoms with Crippen molar-refractivity contribution in [3.8, 4) is 0 Å². The van der Waals surface area contributed by atoms with Crippen LogP contribution in [0.25, 0.3) is 10.9 Å². The maximum absolute atomic E-state index is 6.10. The molecule has 0 saturated carbocycles. The zero-order valence-corrected chi connectivity index (χ0v) is 13.6. The number of alkyl halides is 1. The van der Waals surface area contributed by atoms with E-state index in [2.05, 4.69) is 22.0 Å². The van der Waals surface area contributed by atoms with Gasteiger partial charge in [0.25, 0.3) is 0 Å². The second-order valence-electron chi connectivity index (χ2n) is 5.01. The summed E-state index contributed by atoms with van der Waals surface area (Å²) in [4.78, 5) is 12.4. The Morgan fingerprint density at radius 3 is 2.81 bits per heavy atom. The number of hydrogen-bond acceptors (Lipinski definition) is 4. The molecule has 5 heteroatoms. The second kappa shape index (κ2) is 6.00. The van der Waals surface area contributed by atoms with Crippen LogP contribution in [0.1, 0.15) is 16.1 Å². The van der Waals surface area contributed by atoms with Gasteiger partial charge in [-0.1, -0.05) is 18.2 Å². The van der Waals surface area contributed by atoms with Gasteiger partial charge in [0, 0.05) is 23.2 Å². The third-order valence-corrected chi connectivity index (χ3v) is 4.76. The van der Waals surface area contributed by atoms with Gasteiger partial charge < -0.3 is 4.90 Å². The molecule has 0 atom stereocenters. The van der Waals surface area contributed by atoms with Crippen LogP contribution in [0.5, 0.6) is 0 Å². The lowest BCUT2D eigenvalue weighted by Crippen LogP contribution is -2.17. The lowest BCUT2D eigenvalue weighted by atomic mass is 10.1. The quantitative estimate of drug-likeness (QED) is 0.669. The molecule has 3 nitrogen and oxygen atoms in total. The Morgan fingerprint density at radius 1 is 1.29 bits per heavy atom. The molecule has 1 aromatic carbocycles. The zero-order chi connectivity index (χ0) is 14.8. The summed E-state index contributed by atoms with van der Waals surface area (Å²) in [6.07, 6.45) is 0.